The van der Waals surface area contributed by atoms with Gasteiger partial charge in [0.25, 0.3) is 0 Å². The molecule has 1 unspecified atom stereocenters. The van der Waals surface area contributed by atoms with Gasteiger partial charge in [-0.05, 0) is 30.5 Å². The van der Waals surface area contributed by atoms with Gasteiger partial charge in [0.1, 0.15) is 12.1 Å². The first-order chi connectivity index (χ1) is 11.7. The molecule has 0 radical (unpaired) electrons. The van der Waals surface area contributed by atoms with Crippen molar-refractivity contribution in [3.05, 3.63) is 59.9 Å². The quantitative estimate of drug-likeness (QED) is 0.842. The summed E-state index contributed by atoms with van der Waals surface area (Å²) in [5, 5.41) is 0. The maximum atomic E-state index is 13.7. The van der Waals surface area contributed by atoms with E-state index in [0.717, 1.165) is 18.5 Å². The fourth-order valence-electron chi connectivity index (χ4n) is 2.81. The predicted octanol–water partition coefficient (Wildman–Crippen LogP) is 2.02. The second-order valence-corrected chi connectivity index (χ2v) is 5.84. The van der Waals surface area contributed by atoms with Crippen LogP contribution in [-0.4, -0.2) is 46.6 Å². The minimum atomic E-state index is -0.334. The van der Waals surface area contributed by atoms with Crippen LogP contribution in [0.25, 0.3) is 0 Å². The zero-order valence-corrected chi connectivity index (χ0v) is 13.4. The molecule has 2 heterocycles. The minimum absolute atomic E-state index is 0.0155. The van der Waals surface area contributed by atoms with Crippen molar-refractivity contribution in [2.45, 2.75) is 25.4 Å². The molecule has 1 saturated heterocycles. The maximum absolute atomic E-state index is 13.7. The Morgan fingerprint density at radius 2 is 2.21 bits per heavy atom. The number of benzene rings is 1. The van der Waals surface area contributed by atoms with E-state index in [-0.39, 0.29) is 24.2 Å². The monoisotopic (exact) mass is 329 g/mol. The third-order valence-electron chi connectivity index (χ3n) is 4.16. The fraction of sp³-hybridized carbons (Fsp3) is 0.389. The fourth-order valence-corrected chi connectivity index (χ4v) is 2.81. The van der Waals surface area contributed by atoms with Crippen molar-refractivity contribution in [2.24, 2.45) is 0 Å². The molecule has 5 nitrogen and oxygen atoms in total. The second kappa shape index (κ2) is 7.97. The van der Waals surface area contributed by atoms with E-state index in [1.165, 1.54) is 12.4 Å². The van der Waals surface area contributed by atoms with Gasteiger partial charge in [0.15, 0.2) is 0 Å². The number of hydrogen-bond acceptors (Lipinski definition) is 4. The van der Waals surface area contributed by atoms with Crippen molar-refractivity contribution in [3.8, 4) is 0 Å². The van der Waals surface area contributed by atoms with Crippen LogP contribution in [0.3, 0.4) is 0 Å². The van der Waals surface area contributed by atoms with Crippen LogP contribution in [0.2, 0.25) is 0 Å². The van der Waals surface area contributed by atoms with Crippen molar-refractivity contribution in [2.75, 3.05) is 19.7 Å². The number of nitrogens with zero attached hydrogens (tertiary/aromatic N) is 3. The lowest BCUT2D eigenvalue weighted by Gasteiger charge is -2.33. The highest BCUT2D eigenvalue weighted by atomic mass is 19.1. The van der Waals surface area contributed by atoms with Gasteiger partial charge in [-0.15, -0.1) is 0 Å². The zero-order valence-electron chi connectivity index (χ0n) is 13.4. The first kappa shape index (κ1) is 16.5. The summed E-state index contributed by atoms with van der Waals surface area (Å²) in [6.07, 6.45) is 4.89. The Balaban J connectivity index is 1.53. The van der Waals surface area contributed by atoms with E-state index >= 15 is 0 Å². The third-order valence-corrected chi connectivity index (χ3v) is 4.16. The second-order valence-electron chi connectivity index (χ2n) is 5.84. The Morgan fingerprint density at radius 3 is 3.00 bits per heavy atom. The summed E-state index contributed by atoms with van der Waals surface area (Å²) < 4.78 is 19.4. The van der Waals surface area contributed by atoms with Gasteiger partial charge in [0, 0.05) is 25.0 Å². The van der Waals surface area contributed by atoms with Crippen LogP contribution >= 0.6 is 0 Å². The van der Waals surface area contributed by atoms with E-state index < -0.39 is 0 Å². The average Bonchev–Trinajstić information content (AvgIpc) is 2.63. The number of amides is 1. The van der Waals surface area contributed by atoms with E-state index in [9.17, 15) is 9.18 Å². The predicted molar refractivity (Wildman–Crippen MR) is 86.8 cm³/mol. The Hall–Kier alpha value is -2.34. The molecule has 0 N–H and O–H groups in total. The number of halogens is 1. The Morgan fingerprint density at radius 1 is 1.33 bits per heavy atom. The van der Waals surface area contributed by atoms with Gasteiger partial charge in [-0.25, -0.2) is 14.4 Å². The third kappa shape index (κ3) is 4.35. The van der Waals surface area contributed by atoms with Gasteiger partial charge < -0.3 is 9.64 Å². The lowest BCUT2D eigenvalue weighted by atomic mass is 10.1. The highest BCUT2D eigenvalue weighted by molar-refractivity contribution is 5.79. The number of carbonyl (C=O) groups is 1. The Bertz CT molecular complexity index is 681. The molecule has 0 aliphatic carbocycles. The molecule has 1 fully saturated rings. The molecule has 2 aromatic rings. The molecular weight excluding hydrogens is 309 g/mol. The van der Waals surface area contributed by atoms with E-state index in [4.69, 9.17) is 4.74 Å². The van der Waals surface area contributed by atoms with E-state index in [1.54, 1.807) is 29.3 Å². The molecule has 0 spiro atoms. The number of ether oxygens (including phenoxy) is 1. The molecule has 3 rings (SSSR count). The van der Waals surface area contributed by atoms with Crippen LogP contribution < -0.4 is 0 Å². The van der Waals surface area contributed by atoms with E-state index in [0.29, 0.717) is 25.3 Å². The summed E-state index contributed by atoms with van der Waals surface area (Å²) >= 11 is 0. The number of aryl methyl sites for hydroxylation is 1. The summed E-state index contributed by atoms with van der Waals surface area (Å²) in [4.78, 5) is 22.3. The average molecular weight is 329 g/mol. The topological polar surface area (TPSA) is 55.3 Å². The standard InChI is InChI=1S/C18H20FN3O2/c19-17-4-2-1-3-14(17)11-18(23)22-9-10-24-16(12-22)6-5-15-7-8-20-13-21-15/h1-4,7-8,13,16H,5-6,9-12H2. The Kier molecular flexibility index (Phi) is 5.48. The molecule has 1 aromatic heterocycles. The van der Waals surface area contributed by atoms with Gasteiger partial charge >= 0.3 is 0 Å². The Labute approximate surface area is 140 Å². The van der Waals surface area contributed by atoms with Crippen LogP contribution in [-0.2, 0) is 22.4 Å². The van der Waals surface area contributed by atoms with Crippen molar-refractivity contribution in [3.63, 3.8) is 0 Å². The molecule has 1 aromatic carbocycles. The summed E-state index contributed by atoms with van der Waals surface area (Å²) in [6.45, 7) is 1.60. The lowest BCUT2D eigenvalue weighted by Crippen LogP contribution is -2.46. The van der Waals surface area contributed by atoms with Gasteiger partial charge in [0.2, 0.25) is 5.91 Å². The van der Waals surface area contributed by atoms with Gasteiger partial charge in [0.05, 0.1) is 19.1 Å². The first-order valence-corrected chi connectivity index (χ1v) is 8.10. The molecule has 0 saturated carbocycles. The summed E-state index contributed by atoms with van der Waals surface area (Å²) in [7, 11) is 0. The number of morpholine rings is 1. The SMILES string of the molecule is O=C(Cc1ccccc1F)N1CCOC(CCc2ccncn2)C1. The van der Waals surface area contributed by atoms with Crippen LogP contribution in [0.5, 0.6) is 0 Å². The molecule has 126 valence electrons. The number of carbonyl (C=O) groups excluding carboxylic acids is 1. The van der Waals surface area contributed by atoms with E-state index in [2.05, 4.69) is 9.97 Å². The van der Waals surface area contributed by atoms with Crippen molar-refractivity contribution >= 4 is 5.91 Å². The maximum Gasteiger partial charge on any atom is 0.227 e. The molecule has 1 aliphatic rings. The number of aromatic nitrogens is 2. The molecule has 1 atom stereocenters. The zero-order chi connectivity index (χ0) is 16.8. The lowest BCUT2D eigenvalue weighted by molar-refractivity contribution is -0.138. The summed E-state index contributed by atoms with van der Waals surface area (Å²) in [5.41, 5.74) is 1.40. The van der Waals surface area contributed by atoms with Crippen molar-refractivity contribution < 1.29 is 13.9 Å². The van der Waals surface area contributed by atoms with Gasteiger partial charge in [-0.3, -0.25) is 4.79 Å². The summed E-state index contributed by atoms with van der Waals surface area (Å²) in [6, 6.07) is 8.29. The molecule has 6 heteroatoms. The van der Waals surface area contributed by atoms with Crippen LogP contribution in [0.15, 0.2) is 42.9 Å². The van der Waals surface area contributed by atoms with Crippen LogP contribution in [0, 0.1) is 5.82 Å². The molecule has 1 amide bonds. The number of rotatable bonds is 5. The summed E-state index contributed by atoms with van der Waals surface area (Å²) in [5.74, 6) is -0.394. The number of hydrogen-bond donors (Lipinski definition) is 0. The minimum Gasteiger partial charge on any atom is -0.375 e. The normalized spacial score (nSPS) is 17.7. The van der Waals surface area contributed by atoms with E-state index in [1.807, 2.05) is 6.07 Å². The first-order valence-electron chi connectivity index (χ1n) is 8.10. The van der Waals surface area contributed by atoms with Gasteiger partial charge in [-0.1, -0.05) is 18.2 Å². The van der Waals surface area contributed by atoms with Crippen LogP contribution in [0.4, 0.5) is 4.39 Å². The van der Waals surface area contributed by atoms with Crippen molar-refractivity contribution in [1.82, 2.24) is 14.9 Å². The molecule has 24 heavy (non-hydrogen) atoms. The highest BCUT2D eigenvalue weighted by Gasteiger charge is 2.24. The van der Waals surface area contributed by atoms with Gasteiger partial charge in [-0.2, -0.15) is 0 Å². The van der Waals surface area contributed by atoms with Crippen molar-refractivity contribution in [1.29, 1.82) is 0 Å². The smallest absolute Gasteiger partial charge is 0.227 e. The highest BCUT2D eigenvalue weighted by Crippen LogP contribution is 2.14. The molecule has 1 aliphatic heterocycles. The largest absolute Gasteiger partial charge is 0.375 e. The molecular formula is C18H20FN3O2. The molecule has 0 bridgehead atoms. The van der Waals surface area contributed by atoms with Crippen LogP contribution in [0.1, 0.15) is 17.7 Å².